The highest BCUT2D eigenvalue weighted by atomic mass is 35.5. The highest BCUT2D eigenvalue weighted by Crippen LogP contribution is 2.39. The van der Waals surface area contributed by atoms with Gasteiger partial charge in [0.1, 0.15) is 12.0 Å². The molecule has 3 aromatic carbocycles. The molecule has 0 aliphatic carbocycles. The number of hydrogen-bond acceptors (Lipinski definition) is 4. The molecule has 4 nitrogen and oxygen atoms in total. The topological polar surface area (TPSA) is 53.8 Å². The summed E-state index contributed by atoms with van der Waals surface area (Å²) in [6.07, 6.45) is 0.0941. The minimum absolute atomic E-state index is 0.104. The van der Waals surface area contributed by atoms with Crippen molar-refractivity contribution in [2.45, 2.75) is 25.6 Å². The van der Waals surface area contributed by atoms with Crippen molar-refractivity contribution in [2.75, 3.05) is 6.61 Å². The maximum atomic E-state index is 13.9. The number of phenols is 1. The molecule has 30 heavy (non-hydrogen) atoms. The smallest absolute Gasteiger partial charge is 0.162 e. The maximum absolute atomic E-state index is 13.9. The molecule has 2 atom stereocenters. The van der Waals surface area contributed by atoms with Gasteiger partial charge in [0, 0.05) is 28.8 Å². The van der Waals surface area contributed by atoms with Gasteiger partial charge in [0.2, 0.25) is 0 Å². The Bertz CT molecular complexity index is 1070. The average Bonchev–Trinajstić information content (AvgIpc) is 2.75. The molecule has 0 saturated heterocycles. The first-order valence-corrected chi connectivity index (χ1v) is 10.2. The molecular formula is C24H22ClFN2O2. The number of benzene rings is 3. The van der Waals surface area contributed by atoms with Gasteiger partial charge in [0.25, 0.3) is 0 Å². The van der Waals surface area contributed by atoms with Gasteiger partial charge in [-0.2, -0.15) is 0 Å². The van der Waals surface area contributed by atoms with Gasteiger partial charge in [-0.15, -0.1) is 0 Å². The number of rotatable bonds is 5. The monoisotopic (exact) mass is 424 g/mol. The lowest BCUT2D eigenvalue weighted by Gasteiger charge is -2.31. The van der Waals surface area contributed by atoms with Crippen molar-refractivity contribution in [2.24, 2.45) is 4.99 Å². The summed E-state index contributed by atoms with van der Waals surface area (Å²) in [4.78, 5) is 4.84. The van der Waals surface area contributed by atoms with Gasteiger partial charge in [-0.3, -0.25) is 10.3 Å². The second-order valence-corrected chi connectivity index (χ2v) is 7.53. The summed E-state index contributed by atoms with van der Waals surface area (Å²) < 4.78 is 19.4. The summed E-state index contributed by atoms with van der Waals surface area (Å²) in [5, 5.41) is 14.9. The van der Waals surface area contributed by atoms with Gasteiger partial charge < -0.3 is 9.84 Å². The summed E-state index contributed by atoms with van der Waals surface area (Å²) in [7, 11) is 0. The molecule has 0 radical (unpaired) electrons. The van der Waals surface area contributed by atoms with Gasteiger partial charge in [-0.1, -0.05) is 48.0 Å². The molecule has 2 N–H and O–H groups in total. The summed E-state index contributed by atoms with van der Waals surface area (Å²) in [6, 6.07) is 19.1. The van der Waals surface area contributed by atoms with Crippen molar-refractivity contribution in [1.29, 1.82) is 0 Å². The third kappa shape index (κ3) is 4.32. The Morgan fingerprint density at radius 1 is 1.13 bits per heavy atom. The van der Waals surface area contributed by atoms with Crippen LogP contribution in [0.5, 0.6) is 11.5 Å². The predicted octanol–water partition coefficient (Wildman–Crippen LogP) is 5.81. The molecule has 154 valence electrons. The lowest BCUT2D eigenvalue weighted by atomic mass is 9.93. The Hall–Kier alpha value is -2.89. The molecule has 1 heterocycles. The van der Waals surface area contributed by atoms with Crippen LogP contribution in [0.2, 0.25) is 5.02 Å². The number of para-hydroxylation sites is 1. The summed E-state index contributed by atoms with van der Waals surface area (Å²) in [6.45, 7) is 2.33. The van der Waals surface area contributed by atoms with Crippen molar-refractivity contribution >= 4 is 17.3 Å². The number of aromatic hydroxyl groups is 1. The van der Waals surface area contributed by atoms with E-state index in [0.717, 1.165) is 11.3 Å². The highest BCUT2D eigenvalue weighted by Gasteiger charge is 2.28. The van der Waals surface area contributed by atoms with Crippen LogP contribution in [0.1, 0.15) is 42.2 Å². The lowest BCUT2D eigenvalue weighted by Crippen LogP contribution is -2.33. The fourth-order valence-corrected chi connectivity index (χ4v) is 3.79. The second-order valence-electron chi connectivity index (χ2n) is 7.09. The normalized spacial score (nSPS) is 18.7. The standard InChI is InChI=1S/C24H22ClFN2O2/c1-2-30-22-8-4-7-19(23(22)29)21-14-20(15-9-11-17(25)12-10-15)27-24(28-21)16-5-3-6-18(26)13-16/h3-13,21,24,28-29H,2,14H2,1H3/t21-,24-/m1/s1. The van der Waals surface area contributed by atoms with E-state index in [0.29, 0.717) is 34.9 Å². The van der Waals surface area contributed by atoms with E-state index in [1.807, 2.05) is 49.4 Å². The van der Waals surface area contributed by atoms with Crippen molar-refractivity contribution in [3.8, 4) is 11.5 Å². The molecular weight excluding hydrogens is 403 g/mol. The molecule has 0 fully saturated rings. The molecule has 0 saturated carbocycles. The van der Waals surface area contributed by atoms with E-state index in [-0.39, 0.29) is 17.6 Å². The Labute approximate surface area is 180 Å². The van der Waals surface area contributed by atoms with Crippen molar-refractivity contribution in [3.63, 3.8) is 0 Å². The van der Waals surface area contributed by atoms with Gasteiger partial charge in [0.15, 0.2) is 11.5 Å². The Balaban J connectivity index is 1.75. The van der Waals surface area contributed by atoms with E-state index in [2.05, 4.69) is 5.32 Å². The van der Waals surface area contributed by atoms with Gasteiger partial charge >= 0.3 is 0 Å². The molecule has 4 rings (SSSR count). The van der Waals surface area contributed by atoms with E-state index in [1.54, 1.807) is 12.1 Å². The number of hydrogen-bond donors (Lipinski definition) is 2. The second kappa shape index (κ2) is 8.86. The van der Waals surface area contributed by atoms with Crippen LogP contribution < -0.4 is 10.1 Å². The quantitative estimate of drug-likeness (QED) is 0.543. The van der Waals surface area contributed by atoms with Gasteiger partial charge in [-0.05, 0) is 48.4 Å². The van der Waals surface area contributed by atoms with E-state index in [4.69, 9.17) is 21.3 Å². The van der Waals surface area contributed by atoms with Crippen LogP contribution in [0.25, 0.3) is 0 Å². The van der Waals surface area contributed by atoms with Crippen LogP contribution in [0.4, 0.5) is 4.39 Å². The van der Waals surface area contributed by atoms with Crippen molar-refractivity contribution in [1.82, 2.24) is 5.32 Å². The van der Waals surface area contributed by atoms with E-state index >= 15 is 0 Å². The van der Waals surface area contributed by atoms with Crippen LogP contribution >= 0.6 is 11.6 Å². The SMILES string of the molecule is CCOc1cccc([C@H]2CC(c3ccc(Cl)cc3)=N[C@@H](c3cccc(F)c3)N2)c1O. The van der Waals surface area contributed by atoms with Crippen LogP contribution in [0.15, 0.2) is 71.7 Å². The zero-order valence-electron chi connectivity index (χ0n) is 16.5. The highest BCUT2D eigenvalue weighted by molar-refractivity contribution is 6.30. The average molecular weight is 425 g/mol. The first kappa shape index (κ1) is 20.4. The Morgan fingerprint density at radius 2 is 1.90 bits per heavy atom. The number of ether oxygens (including phenoxy) is 1. The Morgan fingerprint density at radius 3 is 2.63 bits per heavy atom. The molecule has 0 aromatic heterocycles. The third-order valence-corrected chi connectivity index (χ3v) is 5.34. The van der Waals surface area contributed by atoms with E-state index < -0.39 is 6.17 Å². The number of nitrogens with one attached hydrogen (secondary N) is 1. The minimum Gasteiger partial charge on any atom is -0.504 e. The molecule has 6 heteroatoms. The zero-order chi connectivity index (χ0) is 21.1. The zero-order valence-corrected chi connectivity index (χ0v) is 17.2. The minimum atomic E-state index is -0.458. The lowest BCUT2D eigenvalue weighted by molar-refractivity contribution is 0.313. The Kier molecular flexibility index (Phi) is 6.02. The molecule has 1 aliphatic heterocycles. The number of aliphatic imine (C=N–C) groups is 1. The van der Waals surface area contributed by atoms with Crippen LogP contribution in [-0.4, -0.2) is 17.4 Å². The largest absolute Gasteiger partial charge is 0.504 e. The number of nitrogens with zero attached hydrogens (tertiary/aromatic N) is 1. The van der Waals surface area contributed by atoms with Gasteiger partial charge in [0.05, 0.1) is 6.61 Å². The van der Waals surface area contributed by atoms with Crippen molar-refractivity contribution < 1.29 is 14.2 Å². The van der Waals surface area contributed by atoms with Crippen LogP contribution in [0.3, 0.4) is 0 Å². The predicted molar refractivity (Wildman–Crippen MR) is 117 cm³/mol. The van der Waals surface area contributed by atoms with E-state index in [9.17, 15) is 9.50 Å². The molecule has 0 amide bonds. The fraction of sp³-hybridized carbons (Fsp3) is 0.208. The van der Waals surface area contributed by atoms with Gasteiger partial charge in [-0.25, -0.2) is 4.39 Å². The molecule has 1 aliphatic rings. The maximum Gasteiger partial charge on any atom is 0.162 e. The fourth-order valence-electron chi connectivity index (χ4n) is 3.66. The number of halogens is 2. The summed E-state index contributed by atoms with van der Waals surface area (Å²) in [5.41, 5.74) is 3.22. The first-order chi connectivity index (χ1) is 14.5. The third-order valence-electron chi connectivity index (χ3n) is 5.09. The van der Waals surface area contributed by atoms with E-state index in [1.165, 1.54) is 12.1 Å². The molecule has 3 aromatic rings. The molecule has 0 unspecified atom stereocenters. The molecule has 0 spiro atoms. The van der Waals surface area contributed by atoms with Crippen LogP contribution in [0, 0.1) is 5.82 Å². The number of phenolic OH excluding ortho intramolecular Hbond substituents is 1. The molecule has 0 bridgehead atoms. The summed E-state index contributed by atoms with van der Waals surface area (Å²) >= 11 is 6.04. The van der Waals surface area contributed by atoms with Crippen molar-refractivity contribution in [3.05, 3.63) is 94.3 Å². The first-order valence-electron chi connectivity index (χ1n) is 9.84. The summed E-state index contributed by atoms with van der Waals surface area (Å²) in [5.74, 6) is 0.225. The van der Waals surface area contributed by atoms with Crippen LogP contribution in [-0.2, 0) is 0 Å².